The standard InChI is InChI=1S/C15H29F3N2/c1-3-13-6-9-14(12-19,10-7-13)20(4-2)11-5-8-15(16,17)18/h13H,3-12,19H2,1-2H3. The van der Waals surface area contributed by atoms with Gasteiger partial charge in [-0.05, 0) is 51.1 Å². The minimum atomic E-state index is -4.05. The van der Waals surface area contributed by atoms with Crippen LogP contribution < -0.4 is 5.73 Å². The van der Waals surface area contributed by atoms with E-state index in [4.69, 9.17) is 5.73 Å². The van der Waals surface area contributed by atoms with Crippen LogP contribution in [0.4, 0.5) is 13.2 Å². The van der Waals surface area contributed by atoms with E-state index in [1.165, 1.54) is 6.42 Å². The molecule has 1 aliphatic rings. The zero-order valence-electron chi connectivity index (χ0n) is 12.8. The molecule has 2 nitrogen and oxygen atoms in total. The van der Waals surface area contributed by atoms with Gasteiger partial charge in [0, 0.05) is 18.5 Å². The lowest BCUT2D eigenvalue weighted by atomic mass is 9.74. The fourth-order valence-electron chi connectivity index (χ4n) is 3.47. The number of alkyl halides is 3. The summed E-state index contributed by atoms with van der Waals surface area (Å²) in [4.78, 5) is 2.20. The summed E-state index contributed by atoms with van der Waals surface area (Å²) in [6.07, 6.45) is 1.00. The van der Waals surface area contributed by atoms with Crippen LogP contribution in [0.1, 0.15) is 58.8 Å². The van der Waals surface area contributed by atoms with E-state index in [0.717, 1.165) is 38.1 Å². The van der Waals surface area contributed by atoms with Gasteiger partial charge in [0.15, 0.2) is 0 Å². The van der Waals surface area contributed by atoms with E-state index in [1.807, 2.05) is 6.92 Å². The Morgan fingerprint density at radius 2 is 1.80 bits per heavy atom. The summed E-state index contributed by atoms with van der Waals surface area (Å²) in [5, 5.41) is 0. The second kappa shape index (κ2) is 7.64. The Hall–Kier alpha value is -0.290. The van der Waals surface area contributed by atoms with Crippen LogP contribution in [0.2, 0.25) is 0 Å². The topological polar surface area (TPSA) is 29.3 Å². The molecule has 0 atom stereocenters. The summed E-state index contributed by atoms with van der Waals surface area (Å²) < 4.78 is 36.9. The lowest BCUT2D eigenvalue weighted by Gasteiger charge is -2.47. The van der Waals surface area contributed by atoms with Crippen molar-refractivity contribution in [1.82, 2.24) is 4.90 Å². The summed E-state index contributed by atoms with van der Waals surface area (Å²) >= 11 is 0. The van der Waals surface area contributed by atoms with Gasteiger partial charge < -0.3 is 5.73 Å². The highest BCUT2D eigenvalue weighted by Gasteiger charge is 2.38. The number of rotatable bonds is 7. The third-order valence-electron chi connectivity index (χ3n) is 4.93. The number of hydrogen-bond acceptors (Lipinski definition) is 2. The minimum absolute atomic E-state index is 0.0635. The molecule has 0 radical (unpaired) electrons. The van der Waals surface area contributed by atoms with E-state index < -0.39 is 12.6 Å². The van der Waals surface area contributed by atoms with Crippen molar-refractivity contribution in [2.75, 3.05) is 19.6 Å². The van der Waals surface area contributed by atoms with Crippen LogP contribution >= 0.6 is 0 Å². The molecule has 2 N–H and O–H groups in total. The predicted octanol–water partition coefficient (Wildman–Crippen LogP) is 3.95. The van der Waals surface area contributed by atoms with Gasteiger partial charge in [-0.3, -0.25) is 4.90 Å². The molecule has 20 heavy (non-hydrogen) atoms. The van der Waals surface area contributed by atoms with Gasteiger partial charge in [-0.1, -0.05) is 20.3 Å². The Labute approximate surface area is 120 Å². The molecule has 0 aliphatic heterocycles. The summed E-state index contributed by atoms with van der Waals surface area (Å²) in [5.41, 5.74) is 5.93. The molecule has 0 heterocycles. The van der Waals surface area contributed by atoms with Crippen molar-refractivity contribution in [3.8, 4) is 0 Å². The molecule has 0 bridgehead atoms. The van der Waals surface area contributed by atoms with E-state index in [1.54, 1.807) is 0 Å². The fraction of sp³-hybridized carbons (Fsp3) is 1.00. The molecule has 0 spiro atoms. The number of nitrogens with zero attached hydrogens (tertiary/aromatic N) is 1. The molecular formula is C15H29F3N2. The molecule has 0 unspecified atom stereocenters. The fourth-order valence-corrected chi connectivity index (χ4v) is 3.47. The third-order valence-corrected chi connectivity index (χ3v) is 4.93. The first-order chi connectivity index (χ1) is 9.37. The van der Waals surface area contributed by atoms with Gasteiger partial charge >= 0.3 is 6.18 Å². The molecule has 5 heteroatoms. The number of likely N-dealkylation sites (N-methyl/N-ethyl adjacent to an activating group) is 1. The minimum Gasteiger partial charge on any atom is -0.329 e. The lowest BCUT2D eigenvalue weighted by Crippen LogP contribution is -2.56. The monoisotopic (exact) mass is 294 g/mol. The maximum absolute atomic E-state index is 12.3. The SMILES string of the molecule is CCC1CCC(CN)(N(CC)CCCC(F)(F)F)CC1. The van der Waals surface area contributed by atoms with Gasteiger partial charge in [-0.2, -0.15) is 13.2 Å². The third kappa shape index (κ3) is 4.92. The smallest absolute Gasteiger partial charge is 0.329 e. The molecule has 1 aliphatic carbocycles. The van der Waals surface area contributed by atoms with Gasteiger partial charge in [0.05, 0.1) is 0 Å². The first-order valence-corrected chi connectivity index (χ1v) is 7.88. The Balaban J connectivity index is 2.56. The zero-order chi connectivity index (χ0) is 15.2. The van der Waals surface area contributed by atoms with E-state index in [-0.39, 0.29) is 12.0 Å². The Morgan fingerprint density at radius 3 is 2.20 bits per heavy atom. The Morgan fingerprint density at radius 1 is 1.20 bits per heavy atom. The first-order valence-electron chi connectivity index (χ1n) is 7.88. The van der Waals surface area contributed by atoms with Crippen LogP contribution in [-0.2, 0) is 0 Å². The van der Waals surface area contributed by atoms with Crippen LogP contribution in [-0.4, -0.2) is 36.2 Å². The maximum Gasteiger partial charge on any atom is 0.389 e. The molecular weight excluding hydrogens is 265 g/mol. The van der Waals surface area contributed by atoms with Crippen molar-refractivity contribution >= 4 is 0 Å². The predicted molar refractivity (Wildman–Crippen MR) is 76.6 cm³/mol. The number of halogens is 3. The van der Waals surface area contributed by atoms with Gasteiger partial charge in [0.25, 0.3) is 0 Å². The lowest BCUT2D eigenvalue weighted by molar-refractivity contribution is -0.137. The van der Waals surface area contributed by atoms with Gasteiger partial charge in [-0.15, -0.1) is 0 Å². The van der Waals surface area contributed by atoms with Crippen LogP contribution in [0.3, 0.4) is 0 Å². The van der Waals surface area contributed by atoms with Crippen molar-refractivity contribution in [3.05, 3.63) is 0 Å². The average molecular weight is 294 g/mol. The molecule has 0 aromatic carbocycles. The molecule has 1 rings (SSSR count). The highest BCUT2D eigenvalue weighted by molar-refractivity contribution is 4.95. The number of hydrogen-bond donors (Lipinski definition) is 1. The van der Waals surface area contributed by atoms with E-state index >= 15 is 0 Å². The van der Waals surface area contributed by atoms with E-state index in [0.29, 0.717) is 13.1 Å². The largest absolute Gasteiger partial charge is 0.389 e. The average Bonchev–Trinajstić information content (AvgIpc) is 2.42. The van der Waals surface area contributed by atoms with Crippen LogP contribution in [0.5, 0.6) is 0 Å². The molecule has 1 saturated carbocycles. The van der Waals surface area contributed by atoms with Crippen molar-refractivity contribution in [2.45, 2.75) is 70.5 Å². The number of nitrogens with two attached hydrogens (primary N) is 1. The highest BCUT2D eigenvalue weighted by Crippen LogP contribution is 2.37. The van der Waals surface area contributed by atoms with Crippen LogP contribution in [0, 0.1) is 5.92 Å². The first kappa shape index (κ1) is 17.8. The quantitative estimate of drug-likeness (QED) is 0.770. The molecule has 0 aromatic rings. The van der Waals surface area contributed by atoms with Crippen LogP contribution in [0.15, 0.2) is 0 Å². The van der Waals surface area contributed by atoms with Crippen molar-refractivity contribution in [3.63, 3.8) is 0 Å². The van der Waals surface area contributed by atoms with E-state index in [2.05, 4.69) is 11.8 Å². The van der Waals surface area contributed by atoms with Gasteiger partial charge in [0.1, 0.15) is 0 Å². The van der Waals surface area contributed by atoms with Crippen molar-refractivity contribution in [1.29, 1.82) is 0 Å². The highest BCUT2D eigenvalue weighted by atomic mass is 19.4. The van der Waals surface area contributed by atoms with Gasteiger partial charge in [0.2, 0.25) is 0 Å². The second-order valence-corrected chi connectivity index (χ2v) is 6.08. The van der Waals surface area contributed by atoms with Crippen LogP contribution in [0.25, 0.3) is 0 Å². The normalized spacial score (nSPS) is 28.1. The molecule has 0 amide bonds. The summed E-state index contributed by atoms with van der Waals surface area (Å²) in [5.74, 6) is 0.767. The molecule has 0 aromatic heterocycles. The summed E-state index contributed by atoms with van der Waals surface area (Å²) in [6.45, 7) is 6.08. The molecule has 0 saturated heterocycles. The maximum atomic E-state index is 12.3. The van der Waals surface area contributed by atoms with Gasteiger partial charge in [-0.25, -0.2) is 0 Å². The Kier molecular flexibility index (Phi) is 6.79. The second-order valence-electron chi connectivity index (χ2n) is 6.08. The summed E-state index contributed by atoms with van der Waals surface area (Å²) in [7, 11) is 0. The zero-order valence-corrected chi connectivity index (χ0v) is 12.8. The molecule has 120 valence electrons. The summed E-state index contributed by atoms with van der Waals surface area (Å²) in [6, 6.07) is 0. The Bertz CT molecular complexity index is 271. The molecule has 1 fully saturated rings. The van der Waals surface area contributed by atoms with Crippen molar-refractivity contribution in [2.24, 2.45) is 11.7 Å². The van der Waals surface area contributed by atoms with E-state index in [9.17, 15) is 13.2 Å². The van der Waals surface area contributed by atoms with Crippen molar-refractivity contribution < 1.29 is 13.2 Å².